The molecule has 146 valence electrons. The van der Waals surface area contributed by atoms with E-state index in [0.717, 1.165) is 55.1 Å². The topological polar surface area (TPSA) is 70.4 Å². The molecule has 8 heteroatoms. The van der Waals surface area contributed by atoms with Gasteiger partial charge in [-0.05, 0) is 37.5 Å². The van der Waals surface area contributed by atoms with Crippen molar-refractivity contribution in [3.63, 3.8) is 0 Å². The van der Waals surface area contributed by atoms with Crippen LogP contribution < -0.4 is 10.6 Å². The van der Waals surface area contributed by atoms with Gasteiger partial charge < -0.3 is 15.2 Å². The van der Waals surface area contributed by atoms with Crippen molar-refractivity contribution in [1.29, 1.82) is 0 Å². The summed E-state index contributed by atoms with van der Waals surface area (Å²) in [6.45, 7) is 5.66. The van der Waals surface area contributed by atoms with Gasteiger partial charge in [0.15, 0.2) is 11.8 Å². The first kappa shape index (κ1) is 19.6. The van der Waals surface area contributed by atoms with Gasteiger partial charge in [-0.1, -0.05) is 23.7 Å². The van der Waals surface area contributed by atoms with Crippen LogP contribution in [-0.2, 0) is 20.1 Å². The molecule has 2 aromatic rings. The molecular weight excluding hydrogens is 362 g/mol. The summed E-state index contributed by atoms with van der Waals surface area (Å²) in [5.74, 6) is 2.61. The Labute approximate surface area is 165 Å². The third-order valence-corrected chi connectivity index (χ3v) is 5.32. The maximum atomic E-state index is 5.96. The van der Waals surface area contributed by atoms with E-state index in [4.69, 9.17) is 11.6 Å². The van der Waals surface area contributed by atoms with Crippen LogP contribution in [0.5, 0.6) is 0 Å². The highest BCUT2D eigenvalue weighted by atomic mass is 35.5. The molecule has 0 aliphatic carbocycles. The molecule has 0 spiro atoms. The Bertz CT molecular complexity index is 761. The van der Waals surface area contributed by atoms with Gasteiger partial charge >= 0.3 is 0 Å². The summed E-state index contributed by atoms with van der Waals surface area (Å²) in [4.78, 5) is 6.83. The van der Waals surface area contributed by atoms with Crippen molar-refractivity contribution in [1.82, 2.24) is 30.3 Å². The van der Waals surface area contributed by atoms with Crippen LogP contribution >= 0.6 is 11.6 Å². The Morgan fingerprint density at radius 3 is 2.52 bits per heavy atom. The highest BCUT2D eigenvalue weighted by Gasteiger charge is 2.20. The Morgan fingerprint density at radius 2 is 1.93 bits per heavy atom. The van der Waals surface area contributed by atoms with Crippen LogP contribution in [-0.4, -0.2) is 51.8 Å². The predicted octanol–water partition coefficient (Wildman–Crippen LogP) is 2.11. The van der Waals surface area contributed by atoms with E-state index in [1.807, 2.05) is 30.7 Å². The molecule has 0 amide bonds. The summed E-state index contributed by atoms with van der Waals surface area (Å²) in [7, 11) is 3.77. The number of guanidine groups is 1. The summed E-state index contributed by atoms with van der Waals surface area (Å²) in [6, 6.07) is 8.55. The smallest absolute Gasteiger partial charge is 0.191 e. The molecule has 0 unspecified atom stereocenters. The first-order valence-corrected chi connectivity index (χ1v) is 9.72. The molecule has 1 aliphatic rings. The number of nitrogens with zero attached hydrogens (tertiary/aromatic N) is 5. The highest BCUT2D eigenvalue weighted by molar-refractivity contribution is 6.30. The summed E-state index contributed by atoms with van der Waals surface area (Å²) in [6.07, 6.45) is 2.19. The maximum absolute atomic E-state index is 5.96. The second-order valence-corrected chi connectivity index (χ2v) is 7.41. The fourth-order valence-electron chi connectivity index (χ4n) is 3.24. The average molecular weight is 390 g/mol. The van der Waals surface area contributed by atoms with Gasteiger partial charge in [0, 0.05) is 44.8 Å². The summed E-state index contributed by atoms with van der Waals surface area (Å²) < 4.78 is 1.98. The molecule has 3 rings (SSSR count). The molecular formula is C19H28ClN7. The van der Waals surface area contributed by atoms with E-state index in [2.05, 4.69) is 42.9 Å². The van der Waals surface area contributed by atoms with E-state index in [1.54, 1.807) is 7.05 Å². The first-order chi connectivity index (χ1) is 13.0. The number of aryl methyl sites for hydroxylation is 1. The van der Waals surface area contributed by atoms with Gasteiger partial charge in [0.25, 0.3) is 0 Å². The number of piperidine rings is 1. The zero-order valence-electron chi connectivity index (χ0n) is 16.2. The molecule has 0 saturated carbocycles. The van der Waals surface area contributed by atoms with Gasteiger partial charge in [0.05, 0.1) is 6.54 Å². The number of aliphatic imine (C=N–C) groups is 1. The third-order valence-electron chi connectivity index (χ3n) is 5.07. The van der Waals surface area contributed by atoms with Crippen LogP contribution in [0.15, 0.2) is 29.3 Å². The fourth-order valence-corrected chi connectivity index (χ4v) is 3.37. The molecule has 0 radical (unpaired) electrons. The van der Waals surface area contributed by atoms with Crippen molar-refractivity contribution in [2.24, 2.45) is 12.0 Å². The number of nitrogens with one attached hydrogen (secondary N) is 2. The van der Waals surface area contributed by atoms with E-state index < -0.39 is 0 Å². The van der Waals surface area contributed by atoms with Gasteiger partial charge in [-0.2, -0.15) is 0 Å². The molecule has 0 atom stereocenters. The Morgan fingerprint density at radius 1 is 1.22 bits per heavy atom. The number of aromatic nitrogens is 3. The van der Waals surface area contributed by atoms with E-state index in [9.17, 15) is 0 Å². The Kier molecular flexibility index (Phi) is 6.68. The lowest BCUT2D eigenvalue weighted by molar-refractivity contribution is 0.198. The zero-order chi connectivity index (χ0) is 19.2. The number of halogens is 1. The minimum atomic E-state index is 0.430. The van der Waals surface area contributed by atoms with E-state index in [0.29, 0.717) is 12.6 Å². The molecule has 2 N–H and O–H groups in total. The van der Waals surface area contributed by atoms with Gasteiger partial charge in [-0.25, -0.2) is 0 Å². The molecule has 1 saturated heterocycles. The number of benzene rings is 1. The lowest BCUT2D eigenvalue weighted by atomic mass is 10.0. The minimum Gasteiger partial charge on any atom is -0.354 e. The third kappa shape index (κ3) is 5.43. The largest absolute Gasteiger partial charge is 0.354 e. The summed E-state index contributed by atoms with van der Waals surface area (Å²) >= 11 is 5.96. The molecule has 2 heterocycles. The fraction of sp³-hybridized carbons (Fsp3) is 0.526. The minimum absolute atomic E-state index is 0.430. The Hall–Kier alpha value is -2.12. The molecule has 1 aromatic carbocycles. The standard InChI is InChI=1S/C19H28ClN7/c1-14-24-25-18(26(14)3)12-22-19(21-2)23-17-8-10-27(11-9-17)13-15-4-6-16(20)7-5-15/h4-7,17H,8-13H2,1-3H3,(H2,21,22,23). The molecule has 27 heavy (non-hydrogen) atoms. The van der Waals surface area contributed by atoms with Gasteiger partial charge in [0.2, 0.25) is 0 Å². The monoisotopic (exact) mass is 389 g/mol. The average Bonchev–Trinajstić information content (AvgIpc) is 3.00. The molecule has 1 aliphatic heterocycles. The van der Waals surface area contributed by atoms with Crippen molar-refractivity contribution in [3.05, 3.63) is 46.5 Å². The number of hydrogen-bond acceptors (Lipinski definition) is 4. The van der Waals surface area contributed by atoms with Crippen molar-refractivity contribution >= 4 is 17.6 Å². The van der Waals surface area contributed by atoms with Crippen molar-refractivity contribution in [2.45, 2.75) is 38.9 Å². The normalized spacial score (nSPS) is 16.5. The Balaban J connectivity index is 1.43. The lowest BCUT2D eigenvalue weighted by Gasteiger charge is -2.33. The number of rotatable bonds is 5. The first-order valence-electron chi connectivity index (χ1n) is 9.34. The number of hydrogen-bond donors (Lipinski definition) is 2. The molecule has 0 bridgehead atoms. The van der Waals surface area contributed by atoms with Crippen LogP contribution in [0.1, 0.15) is 30.1 Å². The van der Waals surface area contributed by atoms with Crippen molar-refractivity contribution < 1.29 is 0 Å². The SMILES string of the molecule is CN=C(NCc1nnc(C)n1C)NC1CCN(Cc2ccc(Cl)cc2)CC1. The molecule has 1 aromatic heterocycles. The highest BCUT2D eigenvalue weighted by Crippen LogP contribution is 2.16. The van der Waals surface area contributed by atoms with Gasteiger partial charge in [-0.15, -0.1) is 10.2 Å². The quantitative estimate of drug-likeness (QED) is 0.605. The second kappa shape index (κ2) is 9.19. The molecule has 7 nitrogen and oxygen atoms in total. The zero-order valence-corrected chi connectivity index (χ0v) is 17.0. The van der Waals surface area contributed by atoms with Crippen LogP contribution in [0.4, 0.5) is 0 Å². The van der Waals surface area contributed by atoms with Crippen molar-refractivity contribution in [2.75, 3.05) is 20.1 Å². The van der Waals surface area contributed by atoms with Gasteiger partial charge in [0.1, 0.15) is 5.82 Å². The lowest BCUT2D eigenvalue weighted by Crippen LogP contribution is -2.48. The van der Waals surface area contributed by atoms with Crippen molar-refractivity contribution in [3.8, 4) is 0 Å². The summed E-state index contributed by atoms with van der Waals surface area (Å²) in [5, 5.41) is 15.9. The second-order valence-electron chi connectivity index (χ2n) is 6.97. The maximum Gasteiger partial charge on any atom is 0.191 e. The predicted molar refractivity (Wildman–Crippen MR) is 109 cm³/mol. The van der Waals surface area contributed by atoms with E-state index in [-0.39, 0.29) is 0 Å². The summed E-state index contributed by atoms with van der Waals surface area (Å²) in [5.41, 5.74) is 1.31. The van der Waals surface area contributed by atoms with Gasteiger partial charge in [-0.3, -0.25) is 9.89 Å². The van der Waals surface area contributed by atoms with E-state index >= 15 is 0 Å². The number of likely N-dealkylation sites (tertiary alicyclic amines) is 1. The van der Waals surface area contributed by atoms with E-state index in [1.165, 1.54) is 5.56 Å². The van der Waals surface area contributed by atoms with Crippen LogP contribution in [0, 0.1) is 6.92 Å². The van der Waals surface area contributed by atoms with Crippen LogP contribution in [0.2, 0.25) is 5.02 Å². The van der Waals surface area contributed by atoms with Crippen LogP contribution in [0.3, 0.4) is 0 Å². The molecule has 1 fully saturated rings. The van der Waals surface area contributed by atoms with Crippen LogP contribution in [0.25, 0.3) is 0 Å².